The van der Waals surface area contributed by atoms with Gasteiger partial charge < -0.3 is 0 Å². The van der Waals surface area contributed by atoms with Gasteiger partial charge >= 0.3 is 0 Å². The first-order valence-corrected chi connectivity index (χ1v) is 16.5. The maximum atomic E-state index is 17.2. The van der Waals surface area contributed by atoms with E-state index in [2.05, 4.69) is 22.9 Å². The molecule has 226 valence electrons. The van der Waals surface area contributed by atoms with Crippen LogP contribution < -0.4 is 10.4 Å². The predicted octanol–water partition coefficient (Wildman–Crippen LogP) is 8.58. The van der Waals surface area contributed by atoms with Crippen LogP contribution in [0.25, 0.3) is 33.4 Å². The Balaban J connectivity index is 1.70. The van der Waals surface area contributed by atoms with Gasteiger partial charge in [-0.05, 0) is 35.4 Å². The second-order valence-corrected chi connectivity index (χ2v) is 13.8. The highest BCUT2D eigenvalue weighted by molar-refractivity contribution is 7.16. The third kappa shape index (κ3) is 4.84. The van der Waals surface area contributed by atoms with E-state index in [4.69, 9.17) is 0 Å². The lowest BCUT2D eigenvalue weighted by atomic mass is 9.95. The van der Waals surface area contributed by atoms with Crippen molar-refractivity contribution in [2.75, 3.05) is 0 Å². The van der Waals surface area contributed by atoms with Crippen LogP contribution in [-0.4, -0.2) is 8.07 Å². The monoisotopic (exact) mass is 642 g/mol. The summed E-state index contributed by atoms with van der Waals surface area (Å²) in [6.07, 6.45) is 0. The van der Waals surface area contributed by atoms with Crippen molar-refractivity contribution in [2.24, 2.45) is 0 Å². The molecule has 0 nitrogen and oxygen atoms in total. The van der Waals surface area contributed by atoms with Gasteiger partial charge in [-0.1, -0.05) is 120 Å². The van der Waals surface area contributed by atoms with E-state index in [0.29, 0.717) is 11.1 Å². The topological polar surface area (TPSA) is 0 Å². The van der Waals surface area contributed by atoms with E-state index in [0.717, 1.165) is 0 Å². The van der Waals surface area contributed by atoms with E-state index < -0.39 is 75.6 Å². The van der Waals surface area contributed by atoms with E-state index in [1.54, 1.807) is 72.8 Å². The molecule has 7 rings (SSSR count). The summed E-state index contributed by atoms with van der Waals surface area (Å²) in [5.41, 5.74) is 3.52. The largest absolute Gasteiger partial charge is 0.284 e. The van der Waals surface area contributed by atoms with Gasteiger partial charge in [0, 0.05) is 32.6 Å². The molecule has 0 bridgehead atoms. The molecule has 1 aliphatic heterocycles. The molecule has 0 saturated carbocycles. The summed E-state index contributed by atoms with van der Waals surface area (Å²) < 4.78 is 99.0. The third-order valence-electron chi connectivity index (χ3n) is 8.10. The van der Waals surface area contributed by atoms with Gasteiger partial charge in [0.15, 0.2) is 23.3 Å². The molecule has 0 saturated heterocycles. The van der Waals surface area contributed by atoms with E-state index in [-0.39, 0.29) is 11.1 Å². The number of benzene rings is 6. The normalized spacial score (nSPS) is 12.3. The van der Waals surface area contributed by atoms with Crippen LogP contribution in [0, 0.1) is 57.8 Å². The predicted molar refractivity (Wildman–Crippen MR) is 174 cm³/mol. The molecule has 7 heteroatoms. The van der Waals surface area contributed by atoms with Crippen molar-refractivity contribution in [3.63, 3.8) is 0 Å². The van der Waals surface area contributed by atoms with Gasteiger partial charge in [-0.15, -0.1) is 0 Å². The van der Waals surface area contributed by atoms with Gasteiger partial charge in [0.2, 0.25) is 0 Å². The molecule has 6 aromatic carbocycles. The molecule has 0 radical (unpaired) electrons. The second kappa shape index (κ2) is 11.9. The van der Waals surface area contributed by atoms with Crippen molar-refractivity contribution in [3.8, 4) is 56.3 Å². The first-order valence-electron chi connectivity index (χ1n) is 14.5. The van der Waals surface area contributed by atoms with E-state index >= 15 is 26.3 Å². The molecule has 0 aromatic heterocycles. The fourth-order valence-electron chi connectivity index (χ4n) is 5.99. The SMILES string of the molecule is Fc1c(F)c2c(c(F)c1-c1ccccc1)[Si](C#Cc1ccccc1)(C#Cc1ccccc1)c1c(F)c(-c3ccccc3)c(F)c(F)c1-2. The molecule has 6 aromatic rings. The summed E-state index contributed by atoms with van der Waals surface area (Å²) in [5, 5.41) is -1.14. The zero-order chi connectivity index (χ0) is 32.7. The molecule has 0 spiro atoms. The number of fused-ring (bicyclic) bond motifs is 3. The molecule has 0 aliphatic carbocycles. The third-order valence-corrected chi connectivity index (χ3v) is 11.5. The lowest BCUT2D eigenvalue weighted by Crippen LogP contribution is -2.57. The molecule has 0 unspecified atom stereocenters. The van der Waals surface area contributed by atoms with Crippen LogP contribution in [0.3, 0.4) is 0 Å². The van der Waals surface area contributed by atoms with Crippen LogP contribution in [0.15, 0.2) is 121 Å². The van der Waals surface area contributed by atoms with Gasteiger partial charge in [0.1, 0.15) is 11.6 Å². The maximum absolute atomic E-state index is 17.2. The fraction of sp³-hybridized carbons (Fsp3) is 0. The van der Waals surface area contributed by atoms with E-state index in [1.807, 2.05) is 0 Å². The average molecular weight is 643 g/mol. The molecular weight excluding hydrogens is 623 g/mol. The summed E-state index contributed by atoms with van der Waals surface area (Å²) in [6.45, 7) is 0. The van der Waals surface area contributed by atoms with Crippen molar-refractivity contribution in [3.05, 3.63) is 167 Å². The van der Waals surface area contributed by atoms with Crippen molar-refractivity contribution < 1.29 is 26.3 Å². The smallest absolute Gasteiger partial charge is 0.206 e. The van der Waals surface area contributed by atoms with E-state index in [9.17, 15) is 0 Å². The zero-order valence-corrected chi connectivity index (χ0v) is 25.3. The summed E-state index contributed by atoms with van der Waals surface area (Å²) in [4.78, 5) is 0. The Bertz CT molecular complexity index is 2130. The van der Waals surface area contributed by atoms with Crippen molar-refractivity contribution in [1.29, 1.82) is 0 Å². The lowest BCUT2D eigenvalue weighted by molar-refractivity contribution is 0.495. The molecule has 1 heterocycles. The highest BCUT2D eigenvalue weighted by atomic mass is 28.3. The number of rotatable bonds is 2. The van der Waals surface area contributed by atoms with Crippen molar-refractivity contribution in [1.82, 2.24) is 0 Å². The Labute approximate surface area is 268 Å². The minimum Gasteiger partial charge on any atom is -0.206 e. The summed E-state index contributed by atoms with van der Waals surface area (Å²) in [7, 11) is -4.65. The van der Waals surface area contributed by atoms with Gasteiger partial charge in [0.25, 0.3) is 8.07 Å². The van der Waals surface area contributed by atoms with Gasteiger partial charge in [-0.3, -0.25) is 0 Å². The number of hydrogen-bond acceptors (Lipinski definition) is 0. The fourth-order valence-corrected chi connectivity index (χ4v) is 9.60. The lowest BCUT2D eigenvalue weighted by Gasteiger charge is -2.21. The van der Waals surface area contributed by atoms with Crippen LogP contribution in [0.2, 0.25) is 0 Å². The maximum Gasteiger partial charge on any atom is 0.284 e. The average Bonchev–Trinajstić information content (AvgIpc) is 3.42. The standard InChI is InChI=1S/C40H20F6Si/c41-33-29(27-17-9-3-10-18-27)37(45)39-31(35(33)43)32-36(44)34(42)30(28-19-11-4-12-20-28)38(46)40(32)47(39,23-21-25-13-5-1-6-14-25)24-22-26-15-7-2-8-16-26/h1-20H. The van der Waals surface area contributed by atoms with E-state index in [1.165, 1.54) is 48.5 Å². The Morgan fingerprint density at radius 2 is 0.638 bits per heavy atom. The van der Waals surface area contributed by atoms with Gasteiger partial charge in [0.05, 0.1) is 11.1 Å². The molecular formula is C40H20F6Si. The van der Waals surface area contributed by atoms with Crippen LogP contribution in [-0.2, 0) is 0 Å². The Kier molecular flexibility index (Phi) is 7.56. The zero-order valence-electron chi connectivity index (χ0n) is 24.3. The van der Waals surface area contributed by atoms with Crippen LogP contribution in [0.4, 0.5) is 26.3 Å². The molecule has 0 N–H and O–H groups in total. The highest BCUT2D eigenvalue weighted by Gasteiger charge is 2.54. The Morgan fingerprint density at radius 3 is 0.979 bits per heavy atom. The Hall–Kier alpha value is -5.76. The van der Waals surface area contributed by atoms with Gasteiger partial charge in [-0.2, -0.15) is 0 Å². The highest BCUT2D eigenvalue weighted by Crippen LogP contribution is 2.42. The Morgan fingerprint density at radius 1 is 0.340 bits per heavy atom. The first-order chi connectivity index (χ1) is 22.8. The first kappa shape index (κ1) is 29.9. The minimum absolute atomic E-state index is 0.00723. The molecule has 47 heavy (non-hydrogen) atoms. The minimum atomic E-state index is -4.65. The van der Waals surface area contributed by atoms with Crippen LogP contribution >= 0.6 is 0 Å². The van der Waals surface area contributed by atoms with Gasteiger partial charge in [-0.25, -0.2) is 26.3 Å². The van der Waals surface area contributed by atoms with Crippen molar-refractivity contribution in [2.45, 2.75) is 0 Å². The number of halogens is 6. The second-order valence-electron chi connectivity index (χ2n) is 10.8. The molecule has 0 fully saturated rings. The summed E-state index contributed by atoms with van der Waals surface area (Å²) in [6, 6.07) is 31.8. The van der Waals surface area contributed by atoms with Crippen LogP contribution in [0.1, 0.15) is 11.1 Å². The van der Waals surface area contributed by atoms with Crippen LogP contribution in [0.5, 0.6) is 0 Å². The number of hydrogen-bond donors (Lipinski definition) is 0. The van der Waals surface area contributed by atoms with Crippen molar-refractivity contribution >= 4 is 18.4 Å². The molecule has 1 aliphatic rings. The molecule has 0 amide bonds. The summed E-state index contributed by atoms with van der Waals surface area (Å²) in [5.74, 6) is -3.21. The summed E-state index contributed by atoms with van der Waals surface area (Å²) >= 11 is 0. The quantitative estimate of drug-likeness (QED) is 0.0769. The molecule has 0 atom stereocenters.